The number of hydrogen-bond donors (Lipinski definition) is 1. The molecule has 1 aromatic carbocycles. The number of aromatic nitrogens is 5. The average Bonchev–Trinajstić information content (AvgIpc) is 3.30. The summed E-state index contributed by atoms with van der Waals surface area (Å²) in [6.45, 7) is 7.45. The molecule has 0 fully saturated rings. The Morgan fingerprint density at radius 1 is 1.15 bits per heavy atom. The molecule has 172 valence electrons. The maximum atomic E-state index is 13.9. The van der Waals surface area contributed by atoms with Crippen molar-refractivity contribution in [1.29, 1.82) is 0 Å². The van der Waals surface area contributed by atoms with Crippen LogP contribution < -0.4 is 5.32 Å². The summed E-state index contributed by atoms with van der Waals surface area (Å²) in [7, 11) is 1.74. The molecule has 4 rings (SSSR count). The molecule has 0 bridgehead atoms. The van der Waals surface area contributed by atoms with Gasteiger partial charge in [0.05, 0.1) is 29.0 Å². The van der Waals surface area contributed by atoms with Crippen molar-refractivity contribution < 1.29 is 13.6 Å². The van der Waals surface area contributed by atoms with Crippen LogP contribution in [0.1, 0.15) is 47.3 Å². The molecule has 0 saturated carbocycles. The standard InChI is InChI=1S/C24H26F2N6O/c1-13-6-7-18(14(2)8-13)15(3)28-21(33)12-32-24-22(16(4)30-32)19(23(25)26)9-20(29-24)17-10-27-31(5)11-17/h6-11,15,23H,12H2,1-5H3,(H,28,33). The molecule has 0 aliphatic rings. The molecule has 33 heavy (non-hydrogen) atoms. The van der Waals surface area contributed by atoms with Crippen LogP contribution in [-0.4, -0.2) is 30.5 Å². The van der Waals surface area contributed by atoms with E-state index in [1.165, 1.54) is 10.7 Å². The number of rotatable bonds is 6. The van der Waals surface area contributed by atoms with Crippen molar-refractivity contribution in [2.75, 3.05) is 0 Å². The van der Waals surface area contributed by atoms with Crippen LogP contribution >= 0.6 is 0 Å². The van der Waals surface area contributed by atoms with Crippen molar-refractivity contribution in [2.45, 2.75) is 46.7 Å². The normalized spacial score (nSPS) is 12.5. The van der Waals surface area contributed by atoms with Crippen LogP contribution in [0.3, 0.4) is 0 Å². The minimum atomic E-state index is -2.71. The lowest BCUT2D eigenvalue weighted by Crippen LogP contribution is -2.30. The summed E-state index contributed by atoms with van der Waals surface area (Å²) in [6, 6.07) is 7.23. The van der Waals surface area contributed by atoms with E-state index in [0.717, 1.165) is 16.7 Å². The highest BCUT2D eigenvalue weighted by Crippen LogP contribution is 2.33. The zero-order chi connectivity index (χ0) is 23.9. The molecule has 4 aromatic rings. The smallest absolute Gasteiger partial charge is 0.264 e. The molecule has 0 saturated heterocycles. The Balaban J connectivity index is 1.67. The van der Waals surface area contributed by atoms with Crippen LogP contribution in [0.4, 0.5) is 8.78 Å². The van der Waals surface area contributed by atoms with Gasteiger partial charge in [-0.05, 0) is 44.9 Å². The van der Waals surface area contributed by atoms with Crippen molar-refractivity contribution in [3.05, 3.63) is 64.6 Å². The van der Waals surface area contributed by atoms with Crippen LogP contribution in [0, 0.1) is 20.8 Å². The molecule has 3 heterocycles. The number of nitrogens with zero attached hydrogens (tertiary/aromatic N) is 5. The molecule has 0 spiro atoms. The van der Waals surface area contributed by atoms with Crippen molar-refractivity contribution in [3.63, 3.8) is 0 Å². The fourth-order valence-electron chi connectivity index (χ4n) is 4.18. The number of halogens is 2. The predicted molar refractivity (Wildman–Crippen MR) is 122 cm³/mol. The van der Waals surface area contributed by atoms with E-state index in [9.17, 15) is 13.6 Å². The van der Waals surface area contributed by atoms with Gasteiger partial charge < -0.3 is 5.32 Å². The van der Waals surface area contributed by atoms with Crippen molar-refractivity contribution >= 4 is 16.9 Å². The average molecular weight is 453 g/mol. The SMILES string of the molecule is Cc1ccc(C(C)NC(=O)Cn2nc(C)c3c(C(F)F)cc(-c4cnn(C)c4)nc32)c(C)c1. The topological polar surface area (TPSA) is 77.6 Å². The highest BCUT2D eigenvalue weighted by Gasteiger charge is 2.23. The van der Waals surface area contributed by atoms with E-state index in [-0.39, 0.29) is 35.1 Å². The van der Waals surface area contributed by atoms with E-state index >= 15 is 0 Å². The fourth-order valence-corrected chi connectivity index (χ4v) is 4.18. The number of alkyl halides is 2. The third-order valence-corrected chi connectivity index (χ3v) is 5.71. The summed E-state index contributed by atoms with van der Waals surface area (Å²) in [5.74, 6) is -0.279. The minimum absolute atomic E-state index is 0.133. The van der Waals surface area contributed by atoms with E-state index in [2.05, 4.69) is 26.6 Å². The number of amides is 1. The first-order valence-corrected chi connectivity index (χ1v) is 10.7. The van der Waals surface area contributed by atoms with Gasteiger partial charge in [-0.2, -0.15) is 10.2 Å². The number of hydrogen-bond acceptors (Lipinski definition) is 4. The number of pyridine rings is 1. The second-order valence-corrected chi connectivity index (χ2v) is 8.39. The van der Waals surface area contributed by atoms with Crippen LogP contribution in [0.2, 0.25) is 0 Å². The number of aryl methyl sites for hydroxylation is 4. The maximum Gasteiger partial charge on any atom is 0.264 e. The molecule has 3 aromatic heterocycles. The lowest BCUT2D eigenvalue weighted by molar-refractivity contribution is -0.122. The Hall–Kier alpha value is -3.62. The quantitative estimate of drug-likeness (QED) is 0.465. The fraction of sp³-hybridized carbons (Fsp3) is 0.333. The molecule has 1 atom stereocenters. The molecule has 7 nitrogen and oxygen atoms in total. The Labute approximate surface area is 190 Å². The molecular weight excluding hydrogens is 426 g/mol. The Kier molecular flexibility index (Phi) is 5.97. The largest absolute Gasteiger partial charge is 0.348 e. The van der Waals surface area contributed by atoms with Crippen LogP contribution in [0.25, 0.3) is 22.3 Å². The van der Waals surface area contributed by atoms with E-state index in [4.69, 9.17) is 0 Å². The molecule has 0 aliphatic heterocycles. The zero-order valence-corrected chi connectivity index (χ0v) is 19.2. The number of carbonyl (C=O) groups excluding carboxylic acids is 1. The van der Waals surface area contributed by atoms with Gasteiger partial charge in [0.25, 0.3) is 6.43 Å². The highest BCUT2D eigenvalue weighted by atomic mass is 19.3. The highest BCUT2D eigenvalue weighted by molar-refractivity contribution is 5.87. The molecule has 9 heteroatoms. The van der Waals surface area contributed by atoms with Gasteiger partial charge in [0.2, 0.25) is 5.91 Å². The second kappa shape index (κ2) is 8.73. The number of benzene rings is 1. The van der Waals surface area contributed by atoms with Crippen LogP contribution in [-0.2, 0) is 18.4 Å². The summed E-state index contributed by atoms with van der Waals surface area (Å²) in [5.41, 5.74) is 4.72. The summed E-state index contributed by atoms with van der Waals surface area (Å²) < 4.78 is 30.8. The molecular formula is C24H26F2N6O. The minimum Gasteiger partial charge on any atom is -0.348 e. The van der Waals surface area contributed by atoms with Crippen molar-refractivity contribution in [3.8, 4) is 11.3 Å². The number of nitrogens with one attached hydrogen (secondary N) is 1. The van der Waals surface area contributed by atoms with E-state index in [0.29, 0.717) is 17.0 Å². The van der Waals surface area contributed by atoms with Crippen molar-refractivity contribution in [2.24, 2.45) is 7.05 Å². The van der Waals surface area contributed by atoms with E-state index < -0.39 is 6.43 Å². The van der Waals surface area contributed by atoms with Gasteiger partial charge in [-0.1, -0.05) is 23.8 Å². The predicted octanol–water partition coefficient (Wildman–Crippen LogP) is 4.57. The first kappa shape index (κ1) is 22.6. The number of fused-ring (bicyclic) bond motifs is 1. The Morgan fingerprint density at radius 2 is 1.91 bits per heavy atom. The first-order valence-electron chi connectivity index (χ1n) is 10.7. The van der Waals surface area contributed by atoms with Crippen molar-refractivity contribution in [1.82, 2.24) is 29.9 Å². The maximum absolute atomic E-state index is 13.9. The molecule has 1 amide bonds. The summed E-state index contributed by atoms with van der Waals surface area (Å²) >= 11 is 0. The number of carbonyl (C=O) groups is 1. The van der Waals surface area contributed by atoms with Gasteiger partial charge >= 0.3 is 0 Å². The van der Waals surface area contributed by atoms with E-state index in [1.54, 1.807) is 31.0 Å². The molecule has 0 aliphatic carbocycles. The zero-order valence-electron chi connectivity index (χ0n) is 19.2. The van der Waals surface area contributed by atoms with Crippen LogP contribution in [0.15, 0.2) is 36.7 Å². The Bertz CT molecular complexity index is 1340. The summed E-state index contributed by atoms with van der Waals surface area (Å²) in [5, 5.41) is 11.7. The molecule has 1 N–H and O–H groups in total. The van der Waals surface area contributed by atoms with Gasteiger partial charge in [-0.25, -0.2) is 18.4 Å². The monoisotopic (exact) mass is 452 g/mol. The second-order valence-electron chi connectivity index (χ2n) is 8.39. The lowest BCUT2D eigenvalue weighted by Gasteiger charge is -2.17. The van der Waals surface area contributed by atoms with E-state index in [1.807, 2.05) is 32.9 Å². The Morgan fingerprint density at radius 3 is 2.55 bits per heavy atom. The summed E-state index contributed by atoms with van der Waals surface area (Å²) in [6.07, 6.45) is 0.561. The van der Waals surface area contributed by atoms with Gasteiger partial charge in [0.1, 0.15) is 6.54 Å². The molecule has 0 radical (unpaired) electrons. The van der Waals surface area contributed by atoms with Crippen LogP contribution in [0.5, 0.6) is 0 Å². The lowest BCUT2D eigenvalue weighted by atomic mass is 10.0. The first-order chi connectivity index (χ1) is 15.6. The van der Waals surface area contributed by atoms with Gasteiger partial charge in [-0.15, -0.1) is 0 Å². The molecule has 1 unspecified atom stereocenters. The van der Waals surface area contributed by atoms with Gasteiger partial charge in [0.15, 0.2) is 5.65 Å². The third-order valence-electron chi connectivity index (χ3n) is 5.71. The van der Waals surface area contributed by atoms with Gasteiger partial charge in [0, 0.05) is 24.4 Å². The summed E-state index contributed by atoms with van der Waals surface area (Å²) in [4.78, 5) is 17.4. The van der Waals surface area contributed by atoms with Gasteiger partial charge in [-0.3, -0.25) is 9.48 Å². The third kappa shape index (κ3) is 4.48.